The molecule has 0 rings (SSSR count). The molecule has 0 radical (unpaired) electrons. The van der Waals surface area contributed by atoms with Crippen LogP contribution >= 0.6 is 0 Å². The average Bonchev–Trinajstić information content (AvgIpc) is 2.16. The molecule has 16 heavy (non-hydrogen) atoms. The lowest BCUT2D eigenvalue weighted by Gasteiger charge is -2.35. The molecule has 0 saturated heterocycles. The van der Waals surface area contributed by atoms with E-state index < -0.39 is 31.5 Å². The van der Waals surface area contributed by atoms with Crippen molar-refractivity contribution >= 4 is 0 Å². The number of aliphatic hydroxyl groups is 2. The lowest BCUT2D eigenvalue weighted by atomic mass is 10.0. The molecule has 0 aromatic carbocycles. The molecule has 4 N–H and O–H groups in total. The summed E-state index contributed by atoms with van der Waals surface area (Å²) in [5.74, 6) is 0. The summed E-state index contributed by atoms with van der Waals surface area (Å²) in [6.07, 6.45) is -4.28. The smallest absolute Gasteiger partial charge is 0.395 e. The summed E-state index contributed by atoms with van der Waals surface area (Å²) < 4.78 is 38.3. The summed E-state index contributed by atoms with van der Waals surface area (Å²) in [4.78, 5) is 0.966. The van der Waals surface area contributed by atoms with Crippen molar-refractivity contribution in [3.05, 3.63) is 0 Å². The molecular formula is C9H19F3N2O2. The van der Waals surface area contributed by atoms with Crippen LogP contribution in [0.5, 0.6) is 0 Å². The highest BCUT2D eigenvalue weighted by Crippen LogP contribution is 2.27. The molecule has 0 aliphatic carbocycles. The summed E-state index contributed by atoms with van der Waals surface area (Å²) in [7, 11) is 0. The van der Waals surface area contributed by atoms with Crippen molar-refractivity contribution in [2.75, 3.05) is 26.3 Å². The number of halogens is 3. The van der Waals surface area contributed by atoms with Gasteiger partial charge in [-0.15, -0.1) is 0 Å². The summed E-state index contributed by atoms with van der Waals surface area (Å²) in [6.45, 7) is 0.461. The largest absolute Gasteiger partial charge is 0.405 e. The Morgan fingerprint density at radius 2 is 1.62 bits per heavy atom. The SMILES string of the molecule is CCC(N)C(N(CCO)CCO)C(F)(F)F. The summed E-state index contributed by atoms with van der Waals surface area (Å²) in [5.41, 5.74) is 5.44. The lowest BCUT2D eigenvalue weighted by molar-refractivity contribution is -0.191. The number of nitrogens with zero attached hydrogens (tertiary/aromatic N) is 1. The maximum absolute atomic E-state index is 12.8. The van der Waals surface area contributed by atoms with E-state index in [-0.39, 0.29) is 19.5 Å². The first kappa shape index (κ1) is 15.6. The van der Waals surface area contributed by atoms with Gasteiger partial charge < -0.3 is 15.9 Å². The highest BCUT2D eigenvalue weighted by molar-refractivity contribution is 4.87. The Kier molecular flexibility index (Phi) is 6.89. The molecule has 0 spiro atoms. The first-order valence-electron chi connectivity index (χ1n) is 5.16. The van der Waals surface area contributed by atoms with Gasteiger partial charge in [-0.05, 0) is 6.42 Å². The Labute approximate surface area is 92.8 Å². The normalized spacial score (nSPS) is 16.5. The van der Waals surface area contributed by atoms with Crippen LogP contribution in [0.4, 0.5) is 13.2 Å². The standard InChI is InChI=1S/C9H19F3N2O2/c1-2-7(13)8(9(10,11)12)14(3-5-15)4-6-16/h7-8,15-16H,2-6,13H2,1H3. The van der Waals surface area contributed by atoms with E-state index in [9.17, 15) is 13.2 Å². The van der Waals surface area contributed by atoms with Crippen molar-refractivity contribution in [1.29, 1.82) is 0 Å². The monoisotopic (exact) mass is 244 g/mol. The van der Waals surface area contributed by atoms with Crippen molar-refractivity contribution < 1.29 is 23.4 Å². The Bertz CT molecular complexity index is 184. The van der Waals surface area contributed by atoms with Crippen LogP contribution < -0.4 is 5.73 Å². The van der Waals surface area contributed by atoms with E-state index in [0.29, 0.717) is 0 Å². The van der Waals surface area contributed by atoms with Gasteiger partial charge in [0.15, 0.2) is 0 Å². The number of aliphatic hydroxyl groups excluding tert-OH is 2. The van der Waals surface area contributed by atoms with Gasteiger partial charge in [-0.25, -0.2) is 0 Å². The quantitative estimate of drug-likeness (QED) is 0.587. The minimum absolute atomic E-state index is 0.154. The van der Waals surface area contributed by atoms with Gasteiger partial charge in [0.25, 0.3) is 0 Å². The Morgan fingerprint density at radius 1 is 1.19 bits per heavy atom. The molecule has 0 heterocycles. The predicted octanol–water partition coefficient (Wildman–Crippen LogP) is -0.0588. The molecule has 4 nitrogen and oxygen atoms in total. The van der Waals surface area contributed by atoms with Crippen molar-refractivity contribution in [2.45, 2.75) is 31.6 Å². The van der Waals surface area contributed by atoms with Gasteiger partial charge in [-0.1, -0.05) is 6.92 Å². The molecule has 7 heteroatoms. The first-order chi connectivity index (χ1) is 7.38. The predicted molar refractivity (Wildman–Crippen MR) is 53.9 cm³/mol. The minimum atomic E-state index is -4.46. The van der Waals surface area contributed by atoms with E-state index in [1.54, 1.807) is 6.92 Å². The van der Waals surface area contributed by atoms with E-state index in [1.807, 2.05) is 0 Å². The van der Waals surface area contributed by atoms with Gasteiger partial charge in [0.1, 0.15) is 6.04 Å². The molecule has 0 saturated carbocycles. The number of rotatable bonds is 7. The van der Waals surface area contributed by atoms with Crippen molar-refractivity contribution in [3.8, 4) is 0 Å². The highest BCUT2D eigenvalue weighted by atomic mass is 19.4. The molecule has 0 fully saturated rings. The topological polar surface area (TPSA) is 69.7 Å². The molecule has 0 amide bonds. The molecule has 2 unspecified atom stereocenters. The zero-order valence-electron chi connectivity index (χ0n) is 9.24. The molecule has 98 valence electrons. The summed E-state index contributed by atoms with van der Waals surface area (Å²) in [5, 5.41) is 17.4. The van der Waals surface area contributed by atoms with Gasteiger partial charge in [0.2, 0.25) is 0 Å². The highest BCUT2D eigenvalue weighted by Gasteiger charge is 2.46. The van der Waals surface area contributed by atoms with Gasteiger partial charge in [-0.3, -0.25) is 4.90 Å². The van der Waals surface area contributed by atoms with Crippen LogP contribution in [0.3, 0.4) is 0 Å². The second kappa shape index (κ2) is 7.05. The summed E-state index contributed by atoms with van der Waals surface area (Å²) in [6, 6.07) is -2.88. The Balaban J connectivity index is 4.80. The van der Waals surface area contributed by atoms with E-state index >= 15 is 0 Å². The van der Waals surface area contributed by atoms with Crippen LogP contribution in [0.2, 0.25) is 0 Å². The molecule has 2 atom stereocenters. The number of hydrogen-bond donors (Lipinski definition) is 3. The van der Waals surface area contributed by atoms with Crippen molar-refractivity contribution in [3.63, 3.8) is 0 Å². The van der Waals surface area contributed by atoms with Crippen LogP contribution in [0.25, 0.3) is 0 Å². The number of nitrogens with two attached hydrogens (primary N) is 1. The first-order valence-corrected chi connectivity index (χ1v) is 5.16. The third-order valence-corrected chi connectivity index (χ3v) is 2.38. The van der Waals surface area contributed by atoms with Crippen LogP contribution in [0, 0.1) is 0 Å². The lowest BCUT2D eigenvalue weighted by Crippen LogP contribution is -2.57. The fraction of sp³-hybridized carbons (Fsp3) is 1.00. The molecular weight excluding hydrogens is 225 g/mol. The van der Waals surface area contributed by atoms with Gasteiger partial charge in [-0.2, -0.15) is 13.2 Å². The Morgan fingerprint density at radius 3 is 1.88 bits per heavy atom. The fourth-order valence-electron chi connectivity index (χ4n) is 1.59. The van der Waals surface area contributed by atoms with Crippen LogP contribution in [0.15, 0.2) is 0 Å². The molecule has 0 aliphatic rings. The third kappa shape index (κ3) is 4.65. The second-order valence-electron chi connectivity index (χ2n) is 3.54. The molecule has 0 bridgehead atoms. The maximum atomic E-state index is 12.8. The third-order valence-electron chi connectivity index (χ3n) is 2.38. The second-order valence-corrected chi connectivity index (χ2v) is 3.54. The summed E-state index contributed by atoms with van der Waals surface area (Å²) >= 11 is 0. The average molecular weight is 244 g/mol. The van der Waals surface area contributed by atoms with Crippen LogP contribution in [-0.2, 0) is 0 Å². The maximum Gasteiger partial charge on any atom is 0.405 e. The number of alkyl halides is 3. The van der Waals surface area contributed by atoms with E-state index in [0.717, 1.165) is 4.90 Å². The van der Waals surface area contributed by atoms with Gasteiger partial charge in [0, 0.05) is 19.1 Å². The van der Waals surface area contributed by atoms with E-state index in [4.69, 9.17) is 15.9 Å². The molecule has 0 aromatic heterocycles. The van der Waals surface area contributed by atoms with Crippen molar-refractivity contribution in [1.82, 2.24) is 4.90 Å². The molecule has 0 aromatic rings. The Hall–Kier alpha value is -0.370. The van der Waals surface area contributed by atoms with Crippen LogP contribution in [-0.4, -0.2) is 59.7 Å². The molecule has 0 aliphatic heterocycles. The zero-order chi connectivity index (χ0) is 12.8. The van der Waals surface area contributed by atoms with E-state index in [1.165, 1.54) is 0 Å². The van der Waals surface area contributed by atoms with Gasteiger partial charge in [0.05, 0.1) is 13.2 Å². The van der Waals surface area contributed by atoms with E-state index in [2.05, 4.69) is 0 Å². The van der Waals surface area contributed by atoms with Crippen molar-refractivity contribution in [2.24, 2.45) is 5.73 Å². The minimum Gasteiger partial charge on any atom is -0.395 e. The van der Waals surface area contributed by atoms with Crippen LogP contribution in [0.1, 0.15) is 13.3 Å². The number of hydrogen-bond acceptors (Lipinski definition) is 4. The zero-order valence-corrected chi connectivity index (χ0v) is 9.24. The fourth-order valence-corrected chi connectivity index (χ4v) is 1.59. The van der Waals surface area contributed by atoms with Gasteiger partial charge >= 0.3 is 6.18 Å².